The average molecular weight is 577 g/mol. The van der Waals surface area contributed by atoms with Crippen molar-refractivity contribution in [1.29, 1.82) is 0 Å². The number of hydrogen-bond acceptors (Lipinski definition) is 7. The lowest BCUT2D eigenvalue weighted by Crippen LogP contribution is -2.45. The first-order valence-electron chi connectivity index (χ1n) is 14.0. The number of carbonyl (C=O) groups excluding carboxylic acids is 2. The summed E-state index contributed by atoms with van der Waals surface area (Å²) in [4.78, 5) is 26.8. The van der Waals surface area contributed by atoms with Gasteiger partial charge in [-0.25, -0.2) is 0 Å². The smallest absolute Gasteiger partial charge is 0.324 e. The molecule has 0 radical (unpaired) electrons. The predicted molar refractivity (Wildman–Crippen MR) is 163 cm³/mol. The van der Waals surface area contributed by atoms with E-state index in [2.05, 4.69) is 18.2 Å². The quantitative estimate of drug-likeness (QED) is 0.176. The molecule has 7 heteroatoms. The third-order valence-corrected chi connectivity index (χ3v) is 8.34. The van der Waals surface area contributed by atoms with Crippen molar-refractivity contribution in [3.05, 3.63) is 119 Å². The zero-order chi connectivity index (χ0) is 30.1. The predicted octanol–water partition coefficient (Wildman–Crippen LogP) is 6.85. The van der Waals surface area contributed by atoms with Crippen LogP contribution in [0.4, 0.5) is 0 Å². The van der Waals surface area contributed by atoms with Crippen LogP contribution in [0.1, 0.15) is 40.4 Å². The molecule has 3 aromatic carbocycles. The van der Waals surface area contributed by atoms with E-state index >= 15 is 0 Å². The van der Waals surface area contributed by atoms with Crippen molar-refractivity contribution in [3.8, 4) is 22.8 Å². The zero-order valence-corrected chi connectivity index (χ0v) is 24.5. The highest BCUT2D eigenvalue weighted by atomic mass is 16.5. The van der Waals surface area contributed by atoms with Crippen molar-refractivity contribution >= 4 is 23.1 Å². The highest BCUT2D eigenvalue weighted by Crippen LogP contribution is 2.54. The van der Waals surface area contributed by atoms with Gasteiger partial charge in [-0.1, -0.05) is 78.9 Å². The molecule has 1 unspecified atom stereocenters. The van der Waals surface area contributed by atoms with E-state index in [0.29, 0.717) is 23.0 Å². The molecule has 0 aliphatic heterocycles. The standard InChI is InChI=1S/C36H32O7/c1-39-28-16-15-24(19-29(28)40-2)25-17-26-20-36(34(37)41-3,35(38)42-4)21-30-31(26)32(27(18-25)22-11-7-5-8-12-22)33(43-30)23-13-9-6-10-14-23/h5-19,27H,20-21H2,1-4H3. The fourth-order valence-corrected chi connectivity index (χ4v) is 6.32. The summed E-state index contributed by atoms with van der Waals surface area (Å²) in [6.45, 7) is 0. The second-order valence-electron chi connectivity index (χ2n) is 10.7. The van der Waals surface area contributed by atoms with Gasteiger partial charge in [-0.15, -0.1) is 0 Å². The molecule has 4 aromatic rings. The Bertz CT molecular complexity index is 1730. The summed E-state index contributed by atoms with van der Waals surface area (Å²) < 4.78 is 28.2. The summed E-state index contributed by atoms with van der Waals surface area (Å²) in [5, 5.41) is 0. The van der Waals surface area contributed by atoms with Crippen LogP contribution in [0.25, 0.3) is 22.5 Å². The van der Waals surface area contributed by atoms with Gasteiger partial charge in [-0.2, -0.15) is 0 Å². The van der Waals surface area contributed by atoms with Crippen LogP contribution in [0, 0.1) is 5.41 Å². The minimum atomic E-state index is -1.60. The van der Waals surface area contributed by atoms with Gasteiger partial charge in [-0.05, 0) is 34.4 Å². The molecule has 0 N–H and O–H groups in total. The fraction of sp³-hybridized carbons (Fsp3) is 0.222. The van der Waals surface area contributed by atoms with Crippen LogP contribution in [-0.2, 0) is 25.5 Å². The number of benzene rings is 3. The van der Waals surface area contributed by atoms with Crippen LogP contribution < -0.4 is 9.47 Å². The topological polar surface area (TPSA) is 84.2 Å². The van der Waals surface area contributed by atoms with Gasteiger partial charge in [0.25, 0.3) is 0 Å². The zero-order valence-electron chi connectivity index (χ0n) is 24.5. The molecule has 1 heterocycles. The third-order valence-electron chi connectivity index (χ3n) is 8.34. The molecule has 0 spiro atoms. The molecule has 1 aromatic heterocycles. The number of methoxy groups -OCH3 is 4. The summed E-state index contributed by atoms with van der Waals surface area (Å²) in [5.41, 5.74) is 4.85. The SMILES string of the molecule is COC(=O)C1(C(=O)OC)CC2=CC(c3ccc(OC)c(OC)c3)=CC(c3ccccc3)c3c(-c4ccccc4)oc(c32)C1. The van der Waals surface area contributed by atoms with Gasteiger partial charge in [0.2, 0.25) is 0 Å². The maximum atomic E-state index is 13.4. The van der Waals surface area contributed by atoms with Gasteiger partial charge in [0.05, 0.1) is 28.4 Å². The Labute approximate surface area is 250 Å². The van der Waals surface area contributed by atoms with E-state index in [1.165, 1.54) is 14.2 Å². The van der Waals surface area contributed by atoms with Gasteiger partial charge in [-0.3, -0.25) is 9.59 Å². The van der Waals surface area contributed by atoms with E-state index in [0.717, 1.165) is 39.0 Å². The van der Waals surface area contributed by atoms with Crippen LogP contribution >= 0.6 is 0 Å². The maximum absolute atomic E-state index is 13.4. The Balaban J connectivity index is 1.67. The van der Waals surface area contributed by atoms with Crippen molar-refractivity contribution in [3.63, 3.8) is 0 Å². The lowest BCUT2D eigenvalue weighted by molar-refractivity contribution is -0.169. The van der Waals surface area contributed by atoms with Crippen LogP contribution in [0.15, 0.2) is 95.4 Å². The fourth-order valence-electron chi connectivity index (χ4n) is 6.32. The second kappa shape index (κ2) is 11.3. The molecule has 1 atom stereocenters. The number of rotatable bonds is 7. The molecular formula is C36H32O7. The second-order valence-corrected chi connectivity index (χ2v) is 10.7. The van der Waals surface area contributed by atoms with Crippen molar-refractivity contribution in [2.24, 2.45) is 5.41 Å². The summed E-state index contributed by atoms with van der Waals surface area (Å²) in [6, 6.07) is 25.9. The molecule has 2 aliphatic rings. The third kappa shape index (κ3) is 4.71. The van der Waals surface area contributed by atoms with Crippen LogP contribution in [0.5, 0.6) is 11.5 Å². The molecule has 7 nitrogen and oxygen atoms in total. The molecule has 0 saturated carbocycles. The van der Waals surface area contributed by atoms with Crippen LogP contribution in [-0.4, -0.2) is 40.4 Å². The Kier molecular flexibility index (Phi) is 7.40. The molecule has 0 bridgehead atoms. The van der Waals surface area contributed by atoms with Crippen LogP contribution in [0.2, 0.25) is 0 Å². The summed E-state index contributed by atoms with van der Waals surface area (Å²) in [6.07, 6.45) is 4.35. The number of ether oxygens (including phenoxy) is 4. The number of furan rings is 1. The number of hydrogen-bond donors (Lipinski definition) is 0. The molecule has 0 saturated heterocycles. The maximum Gasteiger partial charge on any atom is 0.324 e. The lowest BCUT2D eigenvalue weighted by Gasteiger charge is -2.32. The normalized spacial score (nSPS) is 16.6. The first-order chi connectivity index (χ1) is 20.9. The van der Waals surface area contributed by atoms with Gasteiger partial charge in [0.1, 0.15) is 11.5 Å². The molecule has 0 fully saturated rings. The van der Waals surface area contributed by atoms with Gasteiger partial charge >= 0.3 is 11.9 Å². The van der Waals surface area contributed by atoms with E-state index < -0.39 is 17.4 Å². The summed E-state index contributed by atoms with van der Waals surface area (Å²) in [5.74, 6) is 0.922. The Morgan fingerprint density at radius 2 is 1.42 bits per heavy atom. The van der Waals surface area contributed by atoms with Crippen molar-refractivity contribution < 1.29 is 33.0 Å². The Hall–Kier alpha value is -5.04. The van der Waals surface area contributed by atoms with E-state index in [-0.39, 0.29) is 18.8 Å². The highest BCUT2D eigenvalue weighted by molar-refractivity contribution is 6.04. The molecule has 6 rings (SSSR count). The molecule has 2 aliphatic carbocycles. The largest absolute Gasteiger partial charge is 0.493 e. The van der Waals surface area contributed by atoms with E-state index in [1.54, 1.807) is 14.2 Å². The first kappa shape index (κ1) is 28.1. The Morgan fingerprint density at radius 3 is 2.05 bits per heavy atom. The minimum Gasteiger partial charge on any atom is -0.493 e. The molecule has 218 valence electrons. The summed E-state index contributed by atoms with van der Waals surface area (Å²) >= 11 is 0. The molecular weight excluding hydrogens is 544 g/mol. The number of allylic oxidation sites excluding steroid dienone is 4. The number of carbonyl (C=O) groups is 2. The Morgan fingerprint density at radius 1 is 0.767 bits per heavy atom. The van der Waals surface area contributed by atoms with Crippen LogP contribution in [0.3, 0.4) is 0 Å². The van der Waals surface area contributed by atoms with Crippen molar-refractivity contribution in [2.75, 3.05) is 28.4 Å². The van der Waals surface area contributed by atoms with E-state index in [1.807, 2.05) is 72.8 Å². The first-order valence-corrected chi connectivity index (χ1v) is 14.0. The minimum absolute atomic E-state index is 0.0199. The van der Waals surface area contributed by atoms with Crippen molar-refractivity contribution in [2.45, 2.75) is 18.8 Å². The monoisotopic (exact) mass is 576 g/mol. The summed E-state index contributed by atoms with van der Waals surface area (Å²) in [7, 11) is 5.77. The average Bonchev–Trinajstić information content (AvgIpc) is 3.35. The van der Waals surface area contributed by atoms with Crippen molar-refractivity contribution in [1.82, 2.24) is 0 Å². The van der Waals surface area contributed by atoms with E-state index in [4.69, 9.17) is 23.4 Å². The van der Waals surface area contributed by atoms with Gasteiger partial charge < -0.3 is 23.4 Å². The van der Waals surface area contributed by atoms with Gasteiger partial charge in [0, 0.05) is 35.4 Å². The highest BCUT2D eigenvalue weighted by Gasteiger charge is 2.54. The lowest BCUT2D eigenvalue weighted by atomic mass is 9.70. The number of esters is 2. The van der Waals surface area contributed by atoms with Gasteiger partial charge in [0.15, 0.2) is 16.9 Å². The molecule has 0 amide bonds. The van der Waals surface area contributed by atoms with E-state index in [9.17, 15) is 9.59 Å². The molecule has 43 heavy (non-hydrogen) atoms.